The Morgan fingerprint density at radius 1 is 1.20 bits per heavy atom. The molecule has 1 aromatic carbocycles. The van der Waals surface area contributed by atoms with Gasteiger partial charge in [-0.2, -0.15) is 0 Å². The van der Waals surface area contributed by atoms with Gasteiger partial charge >= 0.3 is 0 Å². The van der Waals surface area contributed by atoms with Crippen LogP contribution >= 0.6 is 0 Å². The molecule has 2 amide bonds. The first-order chi connectivity index (χ1) is 12.1. The average Bonchev–Trinajstić information content (AvgIpc) is 2.95. The molecule has 6 heteroatoms. The number of aryl methyl sites for hydroxylation is 1. The maximum absolute atomic E-state index is 12.1. The summed E-state index contributed by atoms with van der Waals surface area (Å²) >= 11 is 0. The Labute approximate surface area is 147 Å². The van der Waals surface area contributed by atoms with Crippen molar-refractivity contribution in [2.24, 2.45) is 0 Å². The van der Waals surface area contributed by atoms with Crippen LogP contribution in [0.25, 0.3) is 11.0 Å². The number of imidazole rings is 1. The maximum atomic E-state index is 12.1. The van der Waals surface area contributed by atoms with E-state index in [1.54, 1.807) is 0 Å². The second kappa shape index (κ2) is 8.14. The predicted octanol–water partition coefficient (Wildman–Crippen LogP) is 2.37. The van der Waals surface area contributed by atoms with Gasteiger partial charge in [0.1, 0.15) is 5.82 Å². The number of aromatic nitrogens is 2. The summed E-state index contributed by atoms with van der Waals surface area (Å²) in [5.74, 6) is 0.822. The second-order valence-corrected chi connectivity index (χ2v) is 6.85. The number of fused-ring (bicyclic) bond motifs is 1. The van der Waals surface area contributed by atoms with Crippen molar-refractivity contribution >= 4 is 22.8 Å². The highest BCUT2D eigenvalue weighted by atomic mass is 16.2. The monoisotopic (exact) mass is 342 g/mol. The zero-order valence-electron chi connectivity index (χ0n) is 14.7. The lowest BCUT2D eigenvalue weighted by Gasteiger charge is -2.22. The summed E-state index contributed by atoms with van der Waals surface area (Å²) in [5, 5.41) is 5.89. The van der Waals surface area contributed by atoms with Crippen LogP contribution in [0.1, 0.15) is 49.9 Å². The number of nitrogens with one attached hydrogen (secondary N) is 3. The summed E-state index contributed by atoms with van der Waals surface area (Å²) in [4.78, 5) is 31.5. The molecule has 2 aromatic rings. The van der Waals surface area contributed by atoms with E-state index in [1.807, 2.05) is 25.1 Å². The highest BCUT2D eigenvalue weighted by Gasteiger charge is 2.15. The van der Waals surface area contributed by atoms with Gasteiger partial charge in [-0.15, -0.1) is 0 Å². The molecule has 1 aromatic heterocycles. The molecule has 0 spiro atoms. The first kappa shape index (κ1) is 17.5. The van der Waals surface area contributed by atoms with Gasteiger partial charge in [0.2, 0.25) is 11.8 Å². The number of hydrogen-bond donors (Lipinski definition) is 3. The molecular formula is C19H26N4O2. The number of carbonyl (C=O) groups excluding carboxylic acids is 2. The quantitative estimate of drug-likeness (QED) is 0.753. The van der Waals surface area contributed by atoms with Crippen LogP contribution in [0, 0.1) is 6.92 Å². The van der Waals surface area contributed by atoms with Gasteiger partial charge in [0.05, 0.1) is 17.5 Å². The average molecular weight is 342 g/mol. The third kappa shape index (κ3) is 5.05. The molecular weight excluding hydrogens is 316 g/mol. The SMILES string of the molecule is Cc1nc2ccc(CC(=O)NCCC(=O)NC3CCCCC3)cc2[nH]1. The van der Waals surface area contributed by atoms with E-state index in [9.17, 15) is 9.59 Å². The largest absolute Gasteiger partial charge is 0.355 e. The van der Waals surface area contributed by atoms with Crippen molar-refractivity contribution in [3.8, 4) is 0 Å². The van der Waals surface area contributed by atoms with Gasteiger partial charge in [0.25, 0.3) is 0 Å². The second-order valence-electron chi connectivity index (χ2n) is 6.85. The van der Waals surface area contributed by atoms with Crippen molar-refractivity contribution in [2.45, 2.75) is 57.9 Å². The van der Waals surface area contributed by atoms with Crippen LogP contribution in [0.4, 0.5) is 0 Å². The van der Waals surface area contributed by atoms with Crippen LogP contribution < -0.4 is 10.6 Å². The van der Waals surface area contributed by atoms with Crippen LogP contribution in [0.3, 0.4) is 0 Å². The van der Waals surface area contributed by atoms with Crippen molar-refractivity contribution in [1.29, 1.82) is 0 Å². The fourth-order valence-electron chi connectivity index (χ4n) is 3.40. The highest BCUT2D eigenvalue weighted by molar-refractivity contribution is 5.82. The van der Waals surface area contributed by atoms with Crippen molar-refractivity contribution in [3.63, 3.8) is 0 Å². The third-order valence-corrected chi connectivity index (χ3v) is 4.67. The van der Waals surface area contributed by atoms with E-state index < -0.39 is 0 Å². The van der Waals surface area contributed by atoms with E-state index in [1.165, 1.54) is 19.3 Å². The number of benzene rings is 1. The number of amides is 2. The lowest BCUT2D eigenvalue weighted by atomic mass is 9.95. The maximum Gasteiger partial charge on any atom is 0.224 e. The molecule has 0 bridgehead atoms. The summed E-state index contributed by atoms with van der Waals surface area (Å²) in [5.41, 5.74) is 2.77. The molecule has 0 aliphatic heterocycles. The number of aromatic amines is 1. The molecule has 0 saturated heterocycles. The Balaban J connectivity index is 1.40. The van der Waals surface area contributed by atoms with Gasteiger partial charge in [-0.3, -0.25) is 9.59 Å². The predicted molar refractivity (Wildman–Crippen MR) is 97.2 cm³/mol. The lowest BCUT2D eigenvalue weighted by Crippen LogP contribution is -2.38. The Morgan fingerprint density at radius 2 is 2.00 bits per heavy atom. The molecule has 1 saturated carbocycles. The lowest BCUT2D eigenvalue weighted by molar-refractivity contribution is -0.122. The minimum Gasteiger partial charge on any atom is -0.355 e. The van der Waals surface area contributed by atoms with Gasteiger partial charge in [-0.1, -0.05) is 25.3 Å². The molecule has 3 rings (SSSR count). The van der Waals surface area contributed by atoms with Gasteiger partial charge in [0.15, 0.2) is 0 Å². The topological polar surface area (TPSA) is 86.9 Å². The van der Waals surface area contributed by atoms with Crippen molar-refractivity contribution in [3.05, 3.63) is 29.6 Å². The molecule has 3 N–H and O–H groups in total. The molecule has 6 nitrogen and oxygen atoms in total. The Kier molecular flexibility index (Phi) is 5.68. The number of carbonyl (C=O) groups is 2. The third-order valence-electron chi connectivity index (χ3n) is 4.67. The van der Waals surface area contributed by atoms with E-state index in [2.05, 4.69) is 20.6 Å². The first-order valence-electron chi connectivity index (χ1n) is 9.11. The van der Waals surface area contributed by atoms with Crippen molar-refractivity contribution in [2.75, 3.05) is 6.54 Å². The molecule has 25 heavy (non-hydrogen) atoms. The number of rotatable bonds is 6. The standard InChI is InChI=1S/C19H26N4O2/c1-13-21-16-8-7-14(11-17(16)22-13)12-19(25)20-10-9-18(24)23-15-5-3-2-4-6-15/h7-8,11,15H,2-6,9-10,12H2,1H3,(H,20,25)(H,21,22)(H,23,24). The summed E-state index contributed by atoms with van der Waals surface area (Å²) in [6.07, 6.45) is 6.46. The molecule has 0 radical (unpaired) electrons. The van der Waals surface area contributed by atoms with Gasteiger partial charge in [0, 0.05) is 19.0 Å². The smallest absolute Gasteiger partial charge is 0.224 e. The molecule has 1 aliphatic carbocycles. The summed E-state index contributed by atoms with van der Waals surface area (Å²) in [6, 6.07) is 6.10. The van der Waals surface area contributed by atoms with E-state index >= 15 is 0 Å². The molecule has 0 atom stereocenters. The van der Waals surface area contributed by atoms with Crippen LogP contribution in [0.2, 0.25) is 0 Å². The fraction of sp³-hybridized carbons (Fsp3) is 0.526. The number of nitrogens with zero attached hydrogens (tertiary/aromatic N) is 1. The summed E-state index contributed by atoms with van der Waals surface area (Å²) in [6.45, 7) is 2.29. The Morgan fingerprint density at radius 3 is 2.80 bits per heavy atom. The van der Waals surface area contributed by atoms with Crippen molar-refractivity contribution < 1.29 is 9.59 Å². The molecule has 0 unspecified atom stereocenters. The molecule has 1 aliphatic rings. The van der Waals surface area contributed by atoms with Crippen LogP contribution in [0.5, 0.6) is 0 Å². The number of H-pyrrole nitrogens is 1. The zero-order valence-corrected chi connectivity index (χ0v) is 14.7. The Bertz CT molecular complexity index is 747. The van der Waals surface area contributed by atoms with E-state index in [4.69, 9.17) is 0 Å². The minimum absolute atomic E-state index is 0.0292. The van der Waals surface area contributed by atoms with Crippen LogP contribution in [-0.4, -0.2) is 34.4 Å². The van der Waals surface area contributed by atoms with E-state index in [0.717, 1.165) is 35.3 Å². The first-order valence-corrected chi connectivity index (χ1v) is 9.11. The van der Waals surface area contributed by atoms with Crippen LogP contribution in [-0.2, 0) is 16.0 Å². The van der Waals surface area contributed by atoms with E-state index in [0.29, 0.717) is 25.4 Å². The highest BCUT2D eigenvalue weighted by Crippen LogP contribution is 2.17. The normalized spacial score (nSPS) is 15.2. The molecule has 1 heterocycles. The van der Waals surface area contributed by atoms with Crippen LogP contribution in [0.15, 0.2) is 18.2 Å². The molecule has 1 fully saturated rings. The van der Waals surface area contributed by atoms with Crippen molar-refractivity contribution in [1.82, 2.24) is 20.6 Å². The van der Waals surface area contributed by atoms with Gasteiger partial charge < -0.3 is 15.6 Å². The summed E-state index contributed by atoms with van der Waals surface area (Å²) in [7, 11) is 0. The molecule has 134 valence electrons. The van der Waals surface area contributed by atoms with Gasteiger partial charge in [-0.05, 0) is 37.5 Å². The minimum atomic E-state index is -0.0685. The summed E-state index contributed by atoms with van der Waals surface area (Å²) < 4.78 is 0. The van der Waals surface area contributed by atoms with E-state index in [-0.39, 0.29) is 11.8 Å². The Hall–Kier alpha value is -2.37. The number of hydrogen-bond acceptors (Lipinski definition) is 3. The zero-order chi connectivity index (χ0) is 17.6. The fourth-order valence-corrected chi connectivity index (χ4v) is 3.40. The van der Waals surface area contributed by atoms with Gasteiger partial charge in [-0.25, -0.2) is 4.98 Å².